The maximum absolute atomic E-state index is 5.96. The highest BCUT2D eigenvalue weighted by Gasteiger charge is 2.27. The van der Waals surface area contributed by atoms with Gasteiger partial charge < -0.3 is 10.5 Å². The van der Waals surface area contributed by atoms with Crippen molar-refractivity contribution in [3.05, 3.63) is 28.8 Å². The quantitative estimate of drug-likeness (QED) is 0.843. The molecule has 2 rings (SSSR count). The molecule has 0 aromatic heterocycles. The van der Waals surface area contributed by atoms with E-state index in [-0.39, 0.29) is 0 Å². The third-order valence-corrected chi connectivity index (χ3v) is 3.67. The molecule has 1 saturated heterocycles. The van der Waals surface area contributed by atoms with Crippen LogP contribution in [0.4, 0.5) is 5.69 Å². The average molecular weight is 255 g/mol. The lowest BCUT2D eigenvalue weighted by atomic mass is 10.1. The summed E-state index contributed by atoms with van der Waals surface area (Å²) in [4.78, 5) is 2.30. The molecular formula is C13H19ClN2O. The van der Waals surface area contributed by atoms with Crippen LogP contribution < -0.4 is 5.73 Å². The summed E-state index contributed by atoms with van der Waals surface area (Å²) in [5.41, 5.74) is 7.84. The second-order valence-electron chi connectivity index (χ2n) is 4.69. The first-order valence-corrected chi connectivity index (χ1v) is 6.31. The van der Waals surface area contributed by atoms with Crippen LogP contribution in [0.2, 0.25) is 5.02 Å². The number of hydrogen-bond acceptors (Lipinski definition) is 3. The Morgan fingerprint density at radius 1 is 1.53 bits per heavy atom. The van der Waals surface area contributed by atoms with Crippen LogP contribution in [0.5, 0.6) is 0 Å². The number of ether oxygens (including phenoxy) is 1. The van der Waals surface area contributed by atoms with Gasteiger partial charge in [-0.1, -0.05) is 17.7 Å². The van der Waals surface area contributed by atoms with E-state index in [4.69, 9.17) is 22.1 Å². The van der Waals surface area contributed by atoms with Crippen molar-refractivity contribution < 1.29 is 4.74 Å². The lowest BCUT2D eigenvalue weighted by Crippen LogP contribution is -2.36. The molecule has 0 saturated carbocycles. The zero-order chi connectivity index (χ0) is 12.4. The summed E-state index contributed by atoms with van der Waals surface area (Å²) in [6.07, 6.45) is 1.39. The predicted molar refractivity (Wildman–Crippen MR) is 71.2 cm³/mol. The summed E-state index contributed by atoms with van der Waals surface area (Å²) >= 11 is 5.89. The zero-order valence-corrected chi connectivity index (χ0v) is 11.1. The van der Waals surface area contributed by atoms with Crippen LogP contribution in [0.15, 0.2) is 18.2 Å². The fourth-order valence-corrected chi connectivity index (χ4v) is 2.58. The van der Waals surface area contributed by atoms with Crippen molar-refractivity contribution in [3.63, 3.8) is 0 Å². The fourth-order valence-electron chi connectivity index (χ4n) is 2.39. The summed E-state index contributed by atoms with van der Waals surface area (Å²) in [7, 11) is 2.11. The molecule has 17 heavy (non-hydrogen) atoms. The second kappa shape index (κ2) is 5.25. The van der Waals surface area contributed by atoms with Crippen molar-refractivity contribution in [3.8, 4) is 0 Å². The molecule has 2 N–H and O–H groups in total. The van der Waals surface area contributed by atoms with Gasteiger partial charge in [0.2, 0.25) is 0 Å². The van der Waals surface area contributed by atoms with Crippen LogP contribution in [0.25, 0.3) is 0 Å². The normalized spacial score (nSPS) is 24.5. The van der Waals surface area contributed by atoms with Gasteiger partial charge in [0.25, 0.3) is 0 Å². The van der Waals surface area contributed by atoms with Gasteiger partial charge in [-0.05, 0) is 38.1 Å². The van der Waals surface area contributed by atoms with E-state index < -0.39 is 0 Å². The maximum atomic E-state index is 5.96. The van der Waals surface area contributed by atoms with E-state index in [0.29, 0.717) is 17.2 Å². The van der Waals surface area contributed by atoms with E-state index in [1.807, 2.05) is 12.1 Å². The highest BCUT2D eigenvalue weighted by atomic mass is 35.5. The topological polar surface area (TPSA) is 38.5 Å². The number of nitrogens with zero attached hydrogens (tertiary/aromatic N) is 1. The minimum absolute atomic E-state index is 0.300. The molecule has 0 aliphatic carbocycles. The van der Waals surface area contributed by atoms with Crippen molar-refractivity contribution in [2.75, 3.05) is 19.4 Å². The number of hydrogen-bond donors (Lipinski definition) is 1. The molecule has 1 aliphatic rings. The Kier molecular flexibility index (Phi) is 3.92. The van der Waals surface area contributed by atoms with E-state index in [9.17, 15) is 0 Å². The van der Waals surface area contributed by atoms with Gasteiger partial charge >= 0.3 is 0 Å². The van der Waals surface area contributed by atoms with Gasteiger partial charge in [-0.15, -0.1) is 0 Å². The van der Waals surface area contributed by atoms with Crippen molar-refractivity contribution in [2.24, 2.45) is 0 Å². The number of likely N-dealkylation sites (N-methyl/N-ethyl adjacent to an activating group) is 1. The minimum Gasteiger partial charge on any atom is -0.398 e. The van der Waals surface area contributed by atoms with Crippen molar-refractivity contribution >= 4 is 17.3 Å². The first kappa shape index (κ1) is 12.7. The lowest BCUT2D eigenvalue weighted by Gasteiger charge is -2.27. The smallest absolute Gasteiger partial charge is 0.0703 e. The van der Waals surface area contributed by atoms with Gasteiger partial charge in [0.1, 0.15) is 0 Å². The monoisotopic (exact) mass is 254 g/mol. The number of halogens is 1. The van der Waals surface area contributed by atoms with Crippen molar-refractivity contribution in [2.45, 2.75) is 32.0 Å². The molecule has 94 valence electrons. The molecule has 1 heterocycles. The van der Waals surface area contributed by atoms with Crippen molar-refractivity contribution in [1.82, 2.24) is 4.90 Å². The van der Waals surface area contributed by atoms with Crippen LogP contribution in [-0.4, -0.2) is 30.7 Å². The molecule has 2 atom stereocenters. The van der Waals surface area contributed by atoms with Crippen LogP contribution in [0.1, 0.15) is 18.9 Å². The summed E-state index contributed by atoms with van der Waals surface area (Å²) in [5.74, 6) is 0. The lowest BCUT2D eigenvalue weighted by molar-refractivity contribution is 0.0815. The van der Waals surface area contributed by atoms with Crippen LogP contribution >= 0.6 is 11.6 Å². The molecule has 2 unspecified atom stereocenters. The fraction of sp³-hybridized carbons (Fsp3) is 0.538. The van der Waals surface area contributed by atoms with Gasteiger partial charge in [0, 0.05) is 29.9 Å². The van der Waals surface area contributed by atoms with E-state index in [0.717, 1.165) is 30.8 Å². The predicted octanol–water partition coefficient (Wildman–Crippen LogP) is 2.53. The zero-order valence-electron chi connectivity index (χ0n) is 10.3. The molecule has 1 aromatic rings. The third kappa shape index (κ3) is 2.92. The Hall–Kier alpha value is -0.770. The number of anilines is 1. The molecule has 1 aliphatic heterocycles. The molecule has 4 heteroatoms. The molecule has 1 aromatic carbocycles. The van der Waals surface area contributed by atoms with Gasteiger partial charge in [-0.3, -0.25) is 4.90 Å². The molecule has 0 spiro atoms. The van der Waals surface area contributed by atoms with E-state index in [1.165, 1.54) is 0 Å². The molecule has 0 bridgehead atoms. The first-order valence-electron chi connectivity index (χ1n) is 5.93. The Balaban J connectivity index is 2.04. The Morgan fingerprint density at radius 2 is 2.29 bits per heavy atom. The van der Waals surface area contributed by atoms with Gasteiger partial charge in [-0.25, -0.2) is 0 Å². The second-order valence-corrected chi connectivity index (χ2v) is 5.13. The largest absolute Gasteiger partial charge is 0.398 e. The van der Waals surface area contributed by atoms with E-state index in [1.54, 1.807) is 6.07 Å². The highest BCUT2D eigenvalue weighted by Crippen LogP contribution is 2.23. The Labute approximate surface area is 107 Å². The van der Waals surface area contributed by atoms with Crippen LogP contribution in [0, 0.1) is 0 Å². The standard InChI is InChI=1S/C13H19ClN2O/c1-9-13(5-6-17-9)16(2)8-10-3-4-11(14)7-12(10)15/h3-4,7,9,13H,5-6,8,15H2,1-2H3. The maximum Gasteiger partial charge on any atom is 0.0703 e. The SMILES string of the molecule is CC1OCCC1N(C)Cc1ccc(Cl)cc1N. The molecule has 1 fully saturated rings. The number of nitrogens with two attached hydrogens (primary N) is 1. The molecule has 0 amide bonds. The minimum atomic E-state index is 0.300. The highest BCUT2D eigenvalue weighted by molar-refractivity contribution is 6.30. The van der Waals surface area contributed by atoms with E-state index >= 15 is 0 Å². The third-order valence-electron chi connectivity index (χ3n) is 3.43. The number of benzene rings is 1. The van der Waals surface area contributed by atoms with Gasteiger partial charge in [-0.2, -0.15) is 0 Å². The van der Waals surface area contributed by atoms with E-state index in [2.05, 4.69) is 18.9 Å². The van der Waals surface area contributed by atoms with Crippen LogP contribution in [-0.2, 0) is 11.3 Å². The summed E-state index contributed by atoms with van der Waals surface area (Å²) in [6, 6.07) is 6.16. The first-order chi connectivity index (χ1) is 8.08. The van der Waals surface area contributed by atoms with Crippen molar-refractivity contribution in [1.29, 1.82) is 0 Å². The number of nitrogen functional groups attached to an aromatic ring is 1. The van der Waals surface area contributed by atoms with Gasteiger partial charge in [0.05, 0.1) is 6.10 Å². The summed E-state index contributed by atoms with van der Waals surface area (Å²) in [5, 5.41) is 0.687. The molecule has 0 radical (unpaired) electrons. The van der Waals surface area contributed by atoms with Crippen LogP contribution in [0.3, 0.4) is 0 Å². The Bertz CT molecular complexity index is 397. The van der Waals surface area contributed by atoms with Gasteiger partial charge in [0.15, 0.2) is 0 Å². The summed E-state index contributed by atoms with van der Waals surface area (Å²) in [6.45, 7) is 3.81. The average Bonchev–Trinajstić information content (AvgIpc) is 2.68. The molecular weight excluding hydrogens is 236 g/mol. The molecule has 3 nitrogen and oxygen atoms in total. The summed E-state index contributed by atoms with van der Waals surface area (Å²) < 4.78 is 5.58. The Morgan fingerprint density at radius 3 is 2.88 bits per heavy atom. The number of rotatable bonds is 3.